The number of allylic oxidation sites excluding steroid dienone is 1. The number of ether oxygens (including phenoxy) is 2. The van der Waals surface area contributed by atoms with Crippen molar-refractivity contribution in [3.05, 3.63) is 90.5 Å². The summed E-state index contributed by atoms with van der Waals surface area (Å²) in [6.45, 7) is 8.18. The highest BCUT2D eigenvalue weighted by Gasteiger charge is 2.75. The van der Waals surface area contributed by atoms with Crippen molar-refractivity contribution in [3.8, 4) is 0 Å². The van der Waals surface area contributed by atoms with Crippen LogP contribution in [0.5, 0.6) is 0 Å². The number of carbonyl (C=O) groups excluding carboxylic acids is 4. The molecule has 0 aromatic heterocycles. The summed E-state index contributed by atoms with van der Waals surface area (Å²) in [5.74, 6) is -3.20. The highest BCUT2D eigenvalue weighted by molar-refractivity contribution is 6.30. The number of nitrogens with one attached hydrogen (secondary N) is 1. The molecule has 1 spiro atoms. The molecule has 3 heterocycles. The molecule has 6 atom stereocenters. The third-order valence-corrected chi connectivity index (χ3v) is 10.1. The Labute approximate surface area is 293 Å². The SMILES string of the molecule is C=CCCC(=O)NC[C@H](OC(=O)[C@@H]1[C@H]2C(=O)N(CCCCCCO)[C@H](C(=O)N(CC=C)c3ccc(Cl)cc3)[C@]23CC[C@H]1O3)c1ccccc1. The van der Waals surface area contributed by atoms with Gasteiger partial charge in [-0.05, 0) is 61.9 Å². The van der Waals surface area contributed by atoms with Crippen LogP contribution in [0, 0.1) is 11.8 Å². The van der Waals surface area contributed by atoms with Gasteiger partial charge < -0.3 is 29.7 Å². The van der Waals surface area contributed by atoms with Gasteiger partial charge in [0.1, 0.15) is 17.7 Å². The van der Waals surface area contributed by atoms with E-state index in [1.165, 1.54) is 0 Å². The number of fused-ring (bicyclic) bond motifs is 1. The first-order chi connectivity index (χ1) is 23.7. The second-order valence-corrected chi connectivity index (χ2v) is 13.3. The van der Waals surface area contributed by atoms with E-state index in [1.54, 1.807) is 46.2 Å². The summed E-state index contributed by atoms with van der Waals surface area (Å²) < 4.78 is 12.8. The van der Waals surface area contributed by atoms with E-state index in [0.717, 1.165) is 12.8 Å². The largest absolute Gasteiger partial charge is 0.455 e. The topological polar surface area (TPSA) is 125 Å². The number of hydrogen-bond donors (Lipinski definition) is 2. The Hall–Kier alpha value is -3.99. The van der Waals surface area contributed by atoms with Gasteiger partial charge in [-0.25, -0.2) is 0 Å². The third kappa shape index (κ3) is 7.77. The van der Waals surface area contributed by atoms with Gasteiger partial charge in [0.25, 0.3) is 5.91 Å². The molecule has 0 saturated carbocycles. The number of benzene rings is 2. The van der Waals surface area contributed by atoms with E-state index in [0.29, 0.717) is 54.9 Å². The fraction of sp³-hybridized carbons (Fsp3) is 0.474. The molecule has 10 nitrogen and oxygen atoms in total. The minimum Gasteiger partial charge on any atom is -0.455 e. The van der Waals surface area contributed by atoms with Crippen LogP contribution in [0.25, 0.3) is 0 Å². The van der Waals surface area contributed by atoms with Crippen molar-refractivity contribution in [2.24, 2.45) is 11.8 Å². The zero-order chi connectivity index (χ0) is 35.0. The van der Waals surface area contributed by atoms with Crippen molar-refractivity contribution < 1.29 is 33.8 Å². The van der Waals surface area contributed by atoms with Crippen molar-refractivity contribution >= 4 is 41.0 Å². The predicted octanol–water partition coefficient (Wildman–Crippen LogP) is 5.15. The summed E-state index contributed by atoms with van der Waals surface area (Å²) in [7, 11) is 0. The number of amides is 3. The Balaban J connectivity index is 1.44. The number of rotatable bonds is 18. The average Bonchev–Trinajstić information content (AvgIpc) is 3.75. The summed E-state index contributed by atoms with van der Waals surface area (Å²) in [6, 6.07) is 15.1. The van der Waals surface area contributed by atoms with Crippen LogP contribution in [-0.4, -0.2) is 77.7 Å². The molecule has 11 heteroatoms. The first-order valence-corrected chi connectivity index (χ1v) is 17.5. The van der Waals surface area contributed by atoms with Gasteiger partial charge in [-0.15, -0.1) is 13.2 Å². The Bertz CT molecular complexity index is 1500. The standard InChI is InChI=1S/C38H46ClN3O7/c1-3-5-15-31(44)40-25-30(26-13-9-8-10-14-26)48-37(47)32-29-20-21-38(49-29)33(32)35(45)42(23-11-6-7-12-24-43)34(38)36(46)41(22-4-2)28-18-16-27(39)17-19-28/h3-4,8-10,13-14,16-19,29-30,32-34,43H,1-2,5-7,11-12,15,20-25H2,(H,40,44)/t29-,30+,32+,33+,34-,38+/m1/s1. The predicted molar refractivity (Wildman–Crippen MR) is 187 cm³/mol. The van der Waals surface area contributed by atoms with E-state index in [9.17, 15) is 24.3 Å². The van der Waals surface area contributed by atoms with E-state index >= 15 is 0 Å². The maximum Gasteiger partial charge on any atom is 0.313 e. The number of halogens is 1. The van der Waals surface area contributed by atoms with Crippen molar-refractivity contribution in [1.82, 2.24) is 10.2 Å². The lowest BCUT2D eigenvalue weighted by Crippen LogP contribution is -2.56. The Morgan fingerprint density at radius 1 is 1.08 bits per heavy atom. The molecular weight excluding hydrogens is 646 g/mol. The van der Waals surface area contributed by atoms with Crippen LogP contribution in [0.4, 0.5) is 5.69 Å². The van der Waals surface area contributed by atoms with Crippen LogP contribution in [-0.2, 0) is 28.7 Å². The molecule has 2 bridgehead atoms. The zero-order valence-electron chi connectivity index (χ0n) is 27.8. The number of esters is 1. The first kappa shape index (κ1) is 36.3. The van der Waals surface area contributed by atoms with Gasteiger partial charge in [0.05, 0.1) is 24.5 Å². The summed E-state index contributed by atoms with van der Waals surface area (Å²) in [6.07, 6.45) is 6.48. The number of likely N-dealkylation sites (tertiary alicyclic amines) is 1. The number of unbranched alkanes of at least 4 members (excludes halogenated alkanes) is 3. The van der Waals surface area contributed by atoms with Crippen LogP contribution in [0.2, 0.25) is 5.02 Å². The zero-order valence-corrected chi connectivity index (χ0v) is 28.6. The second-order valence-electron chi connectivity index (χ2n) is 12.9. The normalized spacial score (nSPS) is 24.3. The van der Waals surface area contributed by atoms with Gasteiger partial charge in [0.15, 0.2) is 0 Å². The molecule has 5 rings (SSSR count). The number of anilines is 1. The van der Waals surface area contributed by atoms with Gasteiger partial charge in [-0.1, -0.05) is 66.9 Å². The molecule has 3 amide bonds. The van der Waals surface area contributed by atoms with E-state index in [4.69, 9.17) is 21.1 Å². The Morgan fingerprint density at radius 3 is 2.51 bits per heavy atom. The quantitative estimate of drug-likeness (QED) is 0.126. The van der Waals surface area contributed by atoms with Crippen molar-refractivity contribution in [2.75, 3.05) is 31.1 Å². The lowest BCUT2D eigenvalue weighted by molar-refractivity contribution is -0.160. The molecule has 2 aromatic rings. The third-order valence-electron chi connectivity index (χ3n) is 9.82. The average molecular weight is 692 g/mol. The highest BCUT2D eigenvalue weighted by Crippen LogP contribution is 2.59. The van der Waals surface area contributed by atoms with Crippen molar-refractivity contribution in [2.45, 2.75) is 75.2 Å². The van der Waals surface area contributed by atoms with Gasteiger partial charge in [0.2, 0.25) is 11.8 Å². The number of nitrogens with zero attached hydrogens (tertiary/aromatic N) is 2. The molecule has 3 aliphatic heterocycles. The van der Waals surface area contributed by atoms with Crippen LogP contribution in [0.15, 0.2) is 79.9 Å². The van der Waals surface area contributed by atoms with Crippen LogP contribution < -0.4 is 10.2 Å². The van der Waals surface area contributed by atoms with E-state index in [1.807, 2.05) is 30.3 Å². The minimum atomic E-state index is -1.21. The molecule has 3 fully saturated rings. The number of aliphatic hydroxyl groups excluding tert-OH is 1. The molecular formula is C38H46ClN3O7. The molecule has 2 aromatic carbocycles. The highest BCUT2D eigenvalue weighted by atomic mass is 35.5. The first-order valence-electron chi connectivity index (χ1n) is 17.2. The molecule has 0 radical (unpaired) electrons. The van der Waals surface area contributed by atoms with Crippen molar-refractivity contribution in [1.29, 1.82) is 0 Å². The molecule has 3 saturated heterocycles. The number of hydrogen-bond acceptors (Lipinski definition) is 7. The summed E-state index contributed by atoms with van der Waals surface area (Å²) in [5.41, 5.74) is 0.103. The molecule has 49 heavy (non-hydrogen) atoms. The molecule has 2 N–H and O–H groups in total. The van der Waals surface area contributed by atoms with Crippen molar-refractivity contribution in [3.63, 3.8) is 0 Å². The lowest BCUT2D eigenvalue weighted by atomic mass is 9.70. The second kappa shape index (κ2) is 16.6. The Kier molecular flexibility index (Phi) is 12.3. The number of carbonyl (C=O) groups is 4. The molecule has 0 unspecified atom stereocenters. The summed E-state index contributed by atoms with van der Waals surface area (Å²) in [4.78, 5) is 59.0. The maximum atomic E-state index is 14.7. The van der Waals surface area contributed by atoms with Crippen LogP contribution >= 0.6 is 11.6 Å². The molecule has 3 aliphatic rings. The van der Waals surface area contributed by atoms with Crippen LogP contribution in [0.3, 0.4) is 0 Å². The molecule has 0 aliphatic carbocycles. The fourth-order valence-corrected chi connectivity index (χ4v) is 7.68. The van der Waals surface area contributed by atoms with Gasteiger partial charge >= 0.3 is 5.97 Å². The molecule has 262 valence electrons. The van der Waals surface area contributed by atoms with Gasteiger partial charge in [0, 0.05) is 36.8 Å². The maximum absolute atomic E-state index is 14.7. The number of aliphatic hydroxyl groups is 1. The monoisotopic (exact) mass is 691 g/mol. The smallest absolute Gasteiger partial charge is 0.313 e. The van der Waals surface area contributed by atoms with Crippen LogP contribution in [0.1, 0.15) is 63.0 Å². The fourth-order valence-electron chi connectivity index (χ4n) is 7.55. The summed E-state index contributed by atoms with van der Waals surface area (Å²) >= 11 is 6.15. The van der Waals surface area contributed by atoms with Gasteiger partial charge in [-0.3, -0.25) is 19.2 Å². The Morgan fingerprint density at radius 2 is 1.82 bits per heavy atom. The lowest BCUT2D eigenvalue weighted by Gasteiger charge is -2.36. The minimum absolute atomic E-state index is 0.0619. The summed E-state index contributed by atoms with van der Waals surface area (Å²) in [5, 5.41) is 12.6. The van der Waals surface area contributed by atoms with E-state index in [2.05, 4.69) is 18.5 Å². The van der Waals surface area contributed by atoms with Gasteiger partial charge in [-0.2, -0.15) is 0 Å². The van der Waals surface area contributed by atoms with E-state index < -0.39 is 41.7 Å². The van der Waals surface area contributed by atoms with E-state index in [-0.39, 0.29) is 43.8 Å².